The van der Waals surface area contributed by atoms with Crippen molar-refractivity contribution in [1.82, 2.24) is 5.32 Å². The zero-order valence-corrected chi connectivity index (χ0v) is 14.9. The van der Waals surface area contributed by atoms with Gasteiger partial charge in [-0.1, -0.05) is 36.4 Å². The molecule has 0 aromatic heterocycles. The molecular formula is C19H23NO5. The van der Waals surface area contributed by atoms with Crippen molar-refractivity contribution in [1.29, 1.82) is 0 Å². The van der Waals surface area contributed by atoms with Gasteiger partial charge < -0.3 is 19.5 Å². The molecule has 0 spiro atoms. The molecule has 0 heterocycles. The molecule has 134 valence electrons. The smallest absolute Gasteiger partial charge is 0.408 e. The molecule has 0 radical (unpaired) electrons. The van der Waals surface area contributed by atoms with Crippen LogP contribution in [0.15, 0.2) is 42.5 Å². The predicted molar refractivity (Wildman–Crippen MR) is 94.6 cm³/mol. The van der Waals surface area contributed by atoms with Gasteiger partial charge in [0.15, 0.2) is 6.04 Å². The van der Waals surface area contributed by atoms with Crippen LogP contribution in [0.2, 0.25) is 0 Å². The molecule has 0 aliphatic heterocycles. The van der Waals surface area contributed by atoms with Gasteiger partial charge in [-0.2, -0.15) is 0 Å². The molecule has 1 N–H and O–H groups in total. The van der Waals surface area contributed by atoms with Crippen LogP contribution in [0.25, 0.3) is 10.8 Å². The molecule has 2 aromatic rings. The summed E-state index contributed by atoms with van der Waals surface area (Å²) in [7, 11) is 1.25. The zero-order valence-electron chi connectivity index (χ0n) is 14.9. The lowest BCUT2D eigenvalue weighted by molar-refractivity contribution is -0.143. The SMILES string of the molecule is COC(=O)C(COc1cccc2ccccc12)NC(=O)OC(C)(C)C. The Morgan fingerprint density at radius 1 is 1.08 bits per heavy atom. The fourth-order valence-corrected chi connectivity index (χ4v) is 2.26. The van der Waals surface area contributed by atoms with Gasteiger partial charge in [0.2, 0.25) is 0 Å². The molecule has 6 nitrogen and oxygen atoms in total. The average molecular weight is 345 g/mol. The van der Waals surface area contributed by atoms with Gasteiger partial charge in [-0.25, -0.2) is 9.59 Å². The molecule has 1 unspecified atom stereocenters. The van der Waals surface area contributed by atoms with Crippen LogP contribution in [0.1, 0.15) is 20.8 Å². The van der Waals surface area contributed by atoms with Crippen LogP contribution < -0.4 is 10.1 Å². The van der Waals surface area contributed by atoms with Gasteiger partial charge in [0, 0.05) is 5.39 Å². The first kappa shape index (κ1) is 18.6. The van der Waals surface area contributed by atoms with E-state index < -0.39 is 23.7 Å². The number of esters is 1. The number of nitrogens with one attached hydrogen (secondary N) is 1. The van der Waals surface area contributed by atoms with Gasteiger partial charge in [0.05, 0.1) is 7.11 Å². The summed E-state index contributed by atoms with van der Waals surface area (Å²) in [6, 6.07) is 12.4. The Bertz CT molecular complexity index is 746. The minimum atomic E-state index is -0.973. The van der Waals surface area contributed by atoms with Crippen molar-refractivity contribution in [3.05, 3.63) is 42.5 Å². The van der Waals surface area contributed by atoms with Gasteiger partial charge in [-0.15, -0.1) is 0 Å². The van der Waals surface area contributed by atoms with Gasteiger partial charge >= 0.3 is 12.1 Å². The number of carbonyl (C=O) groups is 2. The van der Waals surface area contributed by atoms with Gasteiger partial charge in [0.25, 0.3) is 0 Å². The standard InChI is InChI=1S/C19H23NO5/c1-19(2,3)25-18(22)20-15(17(21)23-4)12-24-16-11-7-9-13-8-5-6-10-14(13)16/h5-11,15H,12H2,1-4H3,(H,20,22). The second-order valence-corrected chi connectivity index (χ2v) is 6.51. The lowest BCUT2D eigenvalue weighted by atomic mass is 10.1. The van der Waals surface area contributed by atoms with Crippen LogP contribution >= 0.6 is 0 Å². The molecule has 0 fully saturated rings. The summed E-state index contributed by atoms with van der Waals surface area (Å²) in [5, 5.41) is 4.43. The highest BCUT2D eigenvalue weighted by Crippen LogP contribution is 2.25. The normalized spacial score (nSPS) is 12.3. The Morgan fingerprint density at radius 3 is 2.44 bits per heavy atom. The maximum atomic E-state index is 11.9. The first-order valence-electron chi connectivity index (χ1n) is 7.98. The van der Waals surface area contributed by atoms with Crippen molar-refractivity contribution in [2.75, 3.05) is 13.7 Å². The van der Waals surface area contributed by atoms with E-state index in [1.54, 1.807) is 20.8 Å². The van der Waals surface area contributed by atoms with Crippen molar-refractivity contribution in [2.24, 2.45) is 0 Å². The van der Waals surface area contributed by atoms with Crippen LogP contribution in [0, 0.1) is 0 Å². The summed E-state index contributed by atoms with van der Waals surface area (Å²) in [6.45, 7) is 5.16. The Labute approximate surface area is 147 Å². The van der Waals surface area contributed by atoms with E-state index in [9.17, 15) is 9.59 Å². The Hall–Kier alpha value is -2.76. The molecule has 0 saturated carbocycles. The van der Waals surface area contributed by atoms with Crippen LogP contribution in [0.3, 0.4) is 0 Å². The van der Waals surface area contributed by atoms with E-state index in [1.807, 2.05) is 42.5 Å². The number of hydrogen-bond donors (Lipinski definition) is 1. The van der Waals surface area contributed by atoms with Gasteiger partial charge in [-0.3, -0.25) is 0 Å². The predicted octanol–water partition coefficient (Wildman–Crippen LogP) is 3.28. The zero-order chi connectivity index (χ0) is 18.4. The summed E-state index contributed by atoms with van der Waals surface area (Å²) >= 11 is 0. The second-order valence-electron chi connectivity index (χ2n) is 6.51. The number of methoxy groups -OCH3 is 1. The van der Waals surface area contributed by atoms with Gasteiger partial charge in [-0.05, 0) is 32.2 Å². The highest BCUT2D eigenvalue weighted by Gasteiger charge is 2.25. The number of amides is 1. The van der Waals surface area contributed by atoms with Crippen LogP contribution in [0.5, 0.6) is 5.75 Å². The summed E-state index contributed by atoms with van der Waals surface area (Å²) in [6.07, 6.45) is -0.704. The van der Waals surface area contributed by atoms with E-state index in [0.717, 1.165) is 10.8 Å². The van der Waals surface area contributed by atoms with Crippen LogP contribution in [-0.2, 0) is 14.3 Å². The van der Waals surface area contributed by atoms with Crippen molar-refractivity contribution in [2.45, 2.75) is 32.4 Å². The minimum Gasteiger partial charge on any atom is -0.490 e. The molecule has 25 heavy (non-hydrogen) atoms. The van der Waals surface area contributed by atoms with Crippen LogP contribution in [-0.4, -0.2) is 37.4 Å². The number of benzene rings is 2. The molecule has 6 heteroatoms. The Morgan fingerprint density at radius 2 is 1.76 bits per heavy atom. The third-order valence-electron chi connectivity index (χ3n) is 3.33. The van der Waals surface area contributed by atoms with Crippen molar-refractivity contribution in [3.8, 4) is 5.75 Å². The Kier molecular flexibility index (Phi) is 5.85. The molecule has 2 rings (SSSR count). The molecule has 1 amide bonds. The maximum Gasteiger partial charge on any atom is 0.408 e. The van der Waals surface area contributed by atoms with Crippen molar-refractivity contribution in [3.63, 3.8) is 0 Å². The maximum absolute atomic E-state index is 11.9. The van der Waals surface area contributed by atoms with Crippen molar-refractivity contribution >= 4 is 22.8 Å². The third kappa shape index (κ3) is 5.38. The van der Waals surface area contributed by atoms with E-state index >= 15 is 0 Å². The number of fused-ring (bicyclic) bond motifs is 1. The fraction of sp³-hybridized carbons (Fsp3) is 0.368. The number of hydrogen-bond acceptors (Lipinski definition) is 5. The monoisotopic (exact) mass is 345 g/mol. The molecule has 0 aliphatic rings. The Balaban J connectivity index is 2.09. The first-order valence-corrected chi connectivity index (χ1v) is 7.98. The average Bonchev–Trinajstić information content (AvgIpc) is 2.56. The molecule has 0 aliphatic carbocycles. The largest absolute Gasteiger partial charge is 0.490 e. The van der Waals surface area contributed by atoms with E-state index in [-0.39, 0.29) is 6.61 Å². The summed E-state index contributed by atoms with van der Waals surface area (Å²) in [5.74, 6) is 0.0177. The lowest BCUT2D eigenvalue weighted by Gasteiger charge is -2.22. The van der Waals surface area contributed by atoms with E-state index in [4.69, 9.17) is 14.2 Å². The summed E-state index contributed by atoms with van der Waals surface area (Å²) in [4.78, 5) is 23.8. The van der Waals surface area contributed by atoms with E-state index in [0.29, 0.717) is 5.75 Å². The highest BCUT2D eigenvalue weighted by molar-refractivity contribution is 5.88. The molecule has 0 saturated heterocycles. The van der Waals surface area contributed by atoms with E-state index in [2.05, 4.69) is 5.32 Å². The van der Waals surface area contributed by atoms with Crippen molar-refractivity contribution < 1.29 is 23.8 Å². The molecule has 0 bridgehead atoms. The number of alkyl carbamates (subject to hydrolysis) is 1. The fourth-order valence-electron chi connectivity index (χ4n) is 2.26. The van der Waals surface area contributed by atoms with Crippen LogP contribution in [0.4, 0.5) is 4.79 Å². The first-order chi connectivity index (χ1) is 11.8. The third-order valence-corrected chi connectivity index (χ3v) is 3.33. The van der Waals surface area contributed by atoms with Gasteiger partial charge in [0.1, 0.15) is 18.0 Å². The number of carbonyl (C=O) groups excluding carboxylic acids is 2. The lowest BCUT2D eigenvalue weighted by Crippen LogP contribution is -2.47. The second kappa shape index (κ2) is 7.88. The highest BCUT2D eigenvalue weighted by atomic mass is 16.6. The number of ether oxygens (including phenoxy) is 3. The summed E-state index contributed by atoms with van der Waals surface area (Å²) in [5.41, 5.74) is -0.665. The molecular weight excluding hydrogens is 322 g/mol. The minimum absolute atomic E-state index is 0.0695. The molecule has 1 atom stereocenters. The number of rotatable bonds is 5. The topological polar surface area (TPSA) is 73.9 Å². The van der Waals surface area contributed by atoms with E-state index in [1.165, 1.54) is 7.11 Å². The quantitative estimate of drug-likeness (QED) is 0.842. The summed E-state index contributed by atoms with van der Waals surface area (Å²) < 4.78 is 15.7. The molecule has 2 aromatic carbocycles.